The van der Waals surface area contributed by atoms with Crippen LogP contribution in [-0.2, 0) is 0 Å². The standard InChI is InChI=1S/C15H30N2O/c1-3-13-10-17-8-7-15(13,18)14(11-16)6-4-5-12(2)9-14/h12-13,17-18H,3-11,16H2,1-2H3. The summed E-state index contributed by atoms with van der Waals surface area (Å²) in [5.74, 6) is 1.07. The Labute approximate surface area is 112 Å². The van der Waals surface area contributed by atoms with Gasteiger partial charge in [-0.1, -0.05) is 26.7 Å². The van der Waals surface area contributed by atoms with Gasteiger partial charge >= 0.3 is 0 Å². The topological polar surface area (TPSA) is 58.3 Å². The largest absolute Gasteiger partial charge is 0.389 e. The second kappa shape index (κ2) is 5.48. The third kappa shape index (κ3) is 2.21. The van der Waals surface area contributed by atoms with Gasteiger partial charge in [0.25, 0.3) is 0 Å². The van der Waals surface area contributed by atoms with Gasteiger partial charge in [-0.15, -0.1) is 0 Å². The van der Waals surface area contributed by atoms with E-state index < -0.39 is 5.60 Å². The van der Waals surface area contributed by atoms with Crippen LogP contribution < -0.4 is 11.1 Å². The Bertz CT molecular complexity index is 282. The lowest BCUT2D eigenvalue weighted by Gasteiger charge is -2.56. The lowest BCUT2D eigenvalue weighted by atomic mass is 9.55. The van der Waals surface area contributed by atoms with Crippen molar-refractivity contribution in [1.29, 1.82) is 0 Å². The molecule has 1 saturated carbocycles. The zero-order valence-corrected chi connectivity index (χ0v) is 12.0. The van der Waals surface area contributed by atoms with Crippen LogP contribution in [0.4, 0.5) is 0 Å². The van der Waals surface area contributed by atoms with Gasteiger partial charge in [0.2, 0.25) is 0 Å². The maximum Gasteiger partial charge on any atom is 0.0767 e. The van der Waals surface area contributed by atoms with E-state index in [4.69, 9.17) is 5.73 Å². The van der Waals surface area contributed by atoms with E-state index in [1.165, 1.54) is 12.8 Å². The number of hydrogen-bond acceptors (Lipinski definition) is 3. The normalized spacial score (nSPS) is 46.0. The van der Waals surface area contributed by atoms with E-state index in [0.29, 0.717) is 18.4 Å². The Morgan fingerprint density at radius 1 is 1.39 bits per heavy atom. The van der Waals surface area contributed by atoms with Crippen LogP contribution in [0.2, 0.25) is 0 Å². The van der Waals surface area contributed by atoms with Crippen LogP contribution >= 0.6 is 0 Å². The first kappa shape index (κ1) is 14.3. The third-order valence-corrected chi connectivity index (χ3v) is 5.64. The molecule has 1 aliphatic heterocycles. The zero-order valence-electron chi connectivity index (χ0n) is 12.0. The molecule has 0 spiro atoms. The average Bonchev–Trinajstić information content (AvgIpc) is 2.39. The van der Waals surface area contributed by atoms with E-state index in [2.05, 4.69) is 19.2 Å². The fourth-order valence-corrected chi connectivity index (χ4v) is 4.52. The van der Waals surface area contributed by atoms with Gasteiger partial charge in [-0.25, -0.2) is 0 Å². The van der Waals surface area contributed by atoms with E-state index in [1.54, 1.807) is 0 Å². The van der Waals surface area contributed by atoms with Gasteiger partial charge in [0, 0.05) is 24.4 Å². The van der Waals surface area contributed by atoms with Crippen molar-refractivity contribution in [3.8, 4) is 0 Å². The molecule has 106 valence electrons. The lowest BCUT2D eigenvalue weighted by Crippen LogP contribution is -2.63. The second-order valence-corrected chi connectivity index (χ2v) is 6.67. The first-order valence-electron chi connectivity index (χ1n) is 7.71. The predicted molar refractivity (Wildman–Crippen MR) is 75.3 cm³/mol. The highest BCUT2D eigenvalue weighted by Gasteiger charge is 2.54. The average molecular weight is 254 g/mol. The molecule has 2 fully saturated rings. The van der Waals surface area contributed by atoms with Gasteiger partial charge < -0.3 is 16.2 Å². The molecule has 4 atom stereocenters. The van der Waals surface area contributed by atoms with Gasteiger partial charge in [0.15, 0.2) is 0 Å². The number of piperidine rings is 1. The van der Waals surface area contributed by atoms with Gasteiger partial charge in [0.1, 0.15) is 0 Å². The predicted octanol–water partition coefficient (Wildman–Crippen LogP) is 1.89. The summed E-state index contributed by atoms with van der Waals surface area (Å²) >= 11 is 0. The third-order valence-electron chi connectivity index (χ3n) is 5.64. The van der Waals surface area contributed by atoms with Crippen LogP contribution in [-0.4, -0.2) is 30.3 Å². The van der Waals surface area contributed by atoms with E-state index in [-0.39, 0.29) is 5.41 Å². The summed E-state index contributed by atoms with van der Waals surface area (Å²) in [4.78, 5) is 0. The van der Waals surface area contributed by atoms with E-state index in [0.717, 1.165) is 38.8 Å². The molecule has 1 aliphatic carbocycles. The molecule has 4 unspecified atom stereocenters. The summed E-state index contributed by atoms with van der Waals surface area (Å²) < 4.78 is 0. The number of nitrogens with two attached hydrogens (primary N) is 1. The van der Waals surface area contributed by atoms with Crippen LogP contribution in [0.15, 0.2) is 0 Å². The maximum atomic E-state index is 11.4. The molecular weight excluding hydrogens is 224 g/mol. The van der Waals surface area contributed by atoms with Crippen molar-refractivity contribution in [1.82, 2.24) is 5.32 Å². The quantitative estimate of drug-likeness (QED) is 0.721. The van der Waals surface area contributed by atoms with Crippen molar-refractivity contribution in [3.63, 3.8) is 0 Å². The minimum Gasteiger partial charge on any atom is -0.389 e. The Morgan fingerprint density at radius 3 is 2.78 bits per heavy atom. The molecule has 18 heavy (non-hydrogen) atoms. The fourth-order valence-electron chi connectivity index (χ4n) is 4.52. The summed E-state index contributed by atoms with van der Waals surface area (Å²) in [6.07, 6.45) is 6.66. The summed E-state index contributed by atoms with van der Waals surface area (Å²) in [7, 11) is 0. The van der Waals surface area contributed by atoms with Gasteiger partial charge in [-0.2, -0.15) is 0 Å². The SMILES string of the molecule is CCC1CNCCC1(O)C1(CN)CCCC(C)C1. The van der Waals surface area contributed by atoms with Crippen molar-refractivity contribution in [2.75, 3.05) is 19.6 Å². The molecule has 3 nitrogen and oxygen atoms in total. The maximum absolute atomic E-state index is 11.4. The van der Waals surface area contributed by atoms with Gasteiger partial charge in [0.05, 0.1) is 5.60 Å². The highest BCUT2D eigenvalue weighted by molar-refractivity contribution is 5.07. The summed E-state index contributed by atoms with van der Waals surface area (Å²) in [6.45, 7) is 7.03. The highest BCUT2D eigenvalue weighted by atomic mass is 16.3. The van der Waals surface area contributed by atoms with Crippen LogP contribution in [0.3, 0.4) is 0 Å². The van der Waals surface area contributed by atoms with Crippen molar-refractivity contribution < 1.29 is 5.11 Å². The monoisotopic (exact) mass is 254 g/mol. The Balaban J connectivity index is 2.28. The number of hydrogen-bond donors (Lipinski definition) is 3. The molecule has 0 aromatic heterocycles. The van der Waals surface area contributed by atoms with Crippen molar-refractivity contribution in [2.24, 2.45) is 23.0 Å². The van der Waals surface area contributed by atoms with Crippen LogP contribution in [0.25, 0.3) is 0 Å². The van der Waals surface area contributed by atoms with Crippen LogP contribution in [0.5, 0.6) is 0 Å². The summed E-state index contributed by atoms with van der Waals surface area (Å²) in [5, 5.41) is 14.8. The minimum absolute atomic E-state index is 0.0343. The van der Waals surface area contributed by atoms with Crippen LogP contribution in [0, 0.1) is 17.3 Å². The Kier molecular flexibility index (Phi) is 4.35. The molecule has 2 aliphatic rings. The molecule has 2 rings (SSSR count). The highest BCUT2D eigenvalue weighted by Crippen LogP contribution is 2.51. The fraction of sp³-hybridized carbons (Fsp3) is 1.00. The zero-order chi connectivity index (χ0) is 13.2. The molecule has 4 N–H and O–H groups in total. The van der Waals surface area contributed by atoms with Crippen LogP contribution in [0.1, 0.15) is 52.4 Å². The molecule has 0 amide bonds. The van der Waals surface area contributed by atoms with E-state index in [9.17, 15) is 5.11 Å². The van der Waals surface area contributed by atoms with Crippen molar-refractivity contribution in [3.05, 3.63) is 0 Å². The molecule has 0 bridgehead atoms. The summed E-state index contributed by atoms with van der Waals surface area (Å²) in [5.41, 5.74) is 5.57. The molecule has 0 radical (unpaired) electrons. The van der Waals surface area contributed by atoms with Gasteiger partial charge in [-0.3, -0.25) is 0 Å². The number of nitrogens with one attached hydrogen (secondary N) is 1. The smallest absolute Gasteiger partial charge is 0.0767 e. The number of aliphatic hydroxyl groups is 1. The first-order chi connectivity index (χ1) is 8.58. The molecule has 0 aromatic rings. The Morgan fingerprint density at radius 2 is 2.17 bits per heavy atom. The van der Waals surface area contributed by atoms with E-state index >= 15 is 0 Å². The van der Waals surface area contributed by atoms with Gasteiger partial charge in [-0.05, 0) is 38.1 Å². The van der Waals surface area contributed by atoms with Crippen molar-refractivity contribution in [2.45, 2.75) is 58.0 Å². The molecule has 1 heterocycles. The minimum atomic E-state index is -0.545. The lowest BCUT2D eigenvalue weighted by molar-refractivity contribution is -0.159. The molecule has 1 saturated heterocycles. The molecule has 3 heteroatoms. The molecule has 0 aromatic carbocycles. The van der Waals surface area contributed by atoms with Crippen molar-refractivity contribution >= 4 is 0 Å². The Hall–Kier alpha value is -0.120. The first-order valence-corrected chi connectivity index (χ1v) is 7.71. The summed E-state index contributed by atoms with van der Waals surface area (Å²) in [6, 6.07) is 0. The number of rotatable bonds is 3. The second-order valence-electron chi connectivity index (χ2n) is 6.67. The molecular formula is C15H30N2O. The van der Waals surface area contributed by atoms with E-state index in [1.807, 2.05) is 0 Å².